The third-order valence-electron chi connectivity index (χ3n) is 10.8. The normalized spacial score (nSPS) is 11.0. The summed E-state index contributed by atoms with van der Waals surface area (Å²) < 4.78 is 17.9. The highest BCUT2D eigenvalue weighted by Gasteiger charge is 2.09. The lowest BCUT2D eigenvalue weighted by molar-refractivity contribution is 0.304. The molecule has 0 saturated heterocycles. The maximum Gasteiger partial charge on any atom is 0.201 e. The molecule has 0 heterocycles. The topological polar surface area (TPSA) is 118 Å². The van der Waals surface area contributed by atoms with Crippen LogP contribution in [-0.4, -0.2) is 64.0 Å². The zero-order chi connectivity index (χ0) is 43.6. The Bertz CT molecular complexity index is 1590. The molecular weight excluding hydrogens is 765 g/mol. The highest BCUT2D eigenvalue weighted by atomic mass is 16.5. The summed E-state index contributed by atoms with van der Waals surface area (Å²) >= 11 is 0. The smallest absolute Gasteiger partial charge is 0.201 e. The number of ether oxygens (including phenoxy) is 3. The van der Waals surface area contributed by atoms with Gasteiger partial charge in [0.25, 0.3) is 0 Å². The minimum atomic E-state index is -0.102. The second-order valence-corrected chi connectivity index (χ2v) is 16.0. The zero-order valence-electron chi connectivity index (χ0n) is 37.9. The molecule has 61 heavy (non-hydrogen) atoms. The van der Waals surface area contributed by atoms with Crippen LogP contribution in [0.25, 0.3) is 0 Å². The van der Waals surface area contributed by atoms with Gasteiger partial charge in [-0.15, -0.1) is 0 Å². The van der Waals surface area contributed by atoms with Crippen molar-refractivity contribution in [2.45, 2.75) is 136 Å². The van der Waals surface area contributed by atoms with Crippen LogP contribution in [0.15, 0.2) is 87.2 Å². The molecule has 338 valence electrons. The highest BCUT2D eigenvalue weighted by Crippen LogP contribution is 2.15. The average Bonchev–Trinajstić information content (AvgIpc) is 3.64. The number of rotatable bonds is 36. The maximum atomic E-state index is 13.0. The first kappa shape index (κ1) is 50.8. The molecule has 0 unspecified atom stereocenters. The first-order valence-corrected chi connectivity index (χ1v) is 23.7. The van der Waals surface area contributed by atoms with Crippen LogP contribution in [0.3, 0.4) is 0 Å². The summed E-state index contributed by atoms with van der Waals surface area (Å²) in [4.78, 5) is 41.1. The monoisotopic (exact) mass is 843 g/mol. The van der Waals surface area contributed by atoms with E-state index in [1.165, 1.54) is 77.0 Å². The maximum absolute atomic E-state index is 13.0. The molecule has 0 radical (unpaired) electrons. The van der Waals surface area contributed by atoms with Gasteiger partial charge in [-0.05, 0) is 92.1 Å². The summed E-state index contributed by atoms with van der Waals surface area (Å²) in [5.74, 6) is 2.05. The number of hydrogen-bond acceptors (Lipinski definition) is 10. The van der Waals surface area contributed by atoms with Crippen molar-refractivity contribution in [3.63, 3.8) is 0 Å². The van der Waals surface area contributed by atoms with Gasteiger partial charge in [-0.1, -0.05) is 117 Å². The van der Waals surface area contributed by atoms with Crippen LogP contribution in [0.5, 0.6) is 17.2 Å². The van der Waals surface area contributed by atoms with Gasteiger partial charge in [0.2, 0.25) is 16.3 Å². The molecule has 0 fully saturated rings. The second-order valence-electron chi connectivity index (χ2n) is 16.0. The van der Waals surface area contributed by atoms with Crippen LogP contribution in [0.4, 0.5) is 17.1 Å². The van der Waals surface area contributed by atoms with E-state index in [-0.39, 0.29) is 16.3 Å². The van der Waals surface area contributed by atoms with Crippen molar-refractivity contribution in [2.24, 2.45) is 0 Å². The number of hydrogen-bond donors (Lipinski definition) is 3. The molecule has 0 aliphatic heterocycles. The Kier molecular flexibility index (Phi) is 27.6. The van der Waals surface area contributed by atoms with Crippen LogP contribution in [0, 0.1) is 0 Å². The predicted octanol–water partition coefficient (Wildman–Crippen LogP) is 10.9. The molecule has 3 rings (SSSR count). The molecule has 0 saturated carbocycles. The molecule has 0 aromatic heterocycles. The van der Waals surface area contributed by atoms with Gasteiger partial charge in [0.15, 0.2) is 0 Å². The Morgan fingerprint density at radius 3 is 0.918 bits per heavy atom. The molecule has 0 bridgehead atoms. The molecule has 0 aliphatic rings. The van der Waals surface area contributed by atoms with Crippen LogP contribution in [-0.2, 0) is 0 Å². The number of nitrogens with zero attached hydrogens (tertiary/aromatic N) is 1. The van der Waals surface area contributed by atoms with Crippen LogP contribution in [0.2, 0.25) is 0 Å². The summed E-state index contributed by atoms with van der Waals surface area (Å²) in [6.45, 7) is 12.0. The van der Waals surface area contributed by atoms with E-state index in [1.807, 2.05) is 18.2 Å². The summed E-state index contributed by atoms with van der Waals surface area (Å²) in [7, 11) is 0. The number of nitrogens with one attached hydrogen (secondary N) is 3. The van der Waals surface area contributed by atoms with E-state index in [0.717, 1.165) is 38.5 Å². The minimum Gasteiger partial charge on any atom is -0.494 e. The van der Waals surface area contributed by atoms with E-state index < -0.39 is 0 Å². The highest BCUT2D eigenvalue weighted by molar-refractivity contribution is 5.46. The van der Waals surface area contributed by atoms with Gasteiger partial charge < -0.3 is 30.2 Å². The SMILES string of the molecule is CCCCCCCCOc1ccc(NCCN(CCNc2ccc(OCCCCCCCC)ccc2=O)CCNc2ccc(OCCCCCCCC)ccc2=O)c(=O)cc1. The van der Waals surface area contributed by atoms with Gasteiger partial charge in [0.05, 0.1) is 36.9 Å². The van der Waals surface area contributed by atoms with E-state index in [2.05, 4.69) is 41.6 Å². The van der Waals surface area contributed by atoms with Gasteiger partial charge >= 0.3 is 0 Å². The number of anilines is 3. The lowest BCUT2D eigenvalue weighted by atomic mass is 10.1. The minimum absolute atomic E-state index is 0.102. The van der Waals surface area contributed by atoms with Gasteiger partial charge in [-0.3, -0.25) is 19.3 Å². The quantitative estimate of drug-likeness (QED) is 0.0488. The van der Waals surface area contributed by atoms with Crippen molar-refractivity contribution >= 4 is 17.1 Å². The predicted molar refractivity (Wildman–Crippen MR) is 257 cm³/mol. The van der Waals surface area contributed by atoms with Crippen molar-refractivity contribution < 1.29 is 14.2 Å². The molecule has 3 aromatic carbocycles. The molecule has 10 heteroatoms. The molecular formula is C51H78N4O6. The Morgan fingerprint density at radius 1 is 0.361 bits per heavy atom. The van der Waals surface area contributed by atoms with Crippen molar-refractivity contribution in [2.75, 3.05) is 75.0 Å². The first-order valence-electron chi connectivity index (χ1n) is 23.7. The van der Waals surface area contributed by atoms with Crippen molar-refractivity contribution in [3.05, 3.63) is 103 Å². The third-order valence-corrected chi connectivity index (χ3v) is 10.8. The summed E-state index contributed by atoms with van der Waals surface area (Å²) in [5, 5.41) is 9.99. The molecule has 0 aliphatic carbocycles. The molecule has 3 N–H and O–H groups in total. The Balaban J connectivity index is 1.58. The van der Waals surface area contributed by atoms with E-state index in [9.17, 15) is 14.4 Å². The molecule has 0 spiro atoms. The fourth-order valence-electron chi connectivity index (χ4n) is 6.98. The van der Waals surface area contributed by atoms with E-state index in [1.54, 1.807) is 54.6 Å². The van der Waals surface area contributed by atoms with Crippen molar-refractivity contribution in [1.82, 2.24) is 4.90 Å². The number of unbranched alkanes of at least 4 members (excludes halogenated alkanes) is 15. The summed E-state index contributed by atoms with van der Waals surface area (Å²) in [6, 6.07) is 20.8. The van der Waals surface area contributed by atoms with Gasteiger partial charge in [-0.2, -0.15) is 0 Å². The van der Waals surface area contributed by atoms with Gasteiger partial charge in [0, 0.05) is 39.3 Å². The molecule has 3 aromatic rings. The lowest BCUT2D eigenvalue weighted by Crippen LogP contribution is -2.37. The fourth-order valence-corrected chi connectivity index (χ4v) is 6.98. The average molecular weight is 843 g/mol. The largest absolute Gasteiger partial charge is 0.494 e. The van der Waals surface area contributed by atoms with Crippen molar-refractivity contribution in [1.29, 1.82) is 0 Å². The Hall–Kier alpha value is -4.57. The molecule has 0 amide bonds. The van der Waals surface area contributed by atoms with E-state index in [0.29, 0.717) is 93.4 Å². The Morgan fingerprint density at radius 2 is 0.623 bits per heavy atom. The van der Waals surface area contributed by atoms with Crippen LogP contribution < -0.4 is 46.4 Å². The van der Waals surface area contributed by atoms with Crippen molar-refractivity contribution in [3.8, 4) is 17.2 Å². The van der Waals surface area contributed by atoms with E-state index >= 15 is 0 Å². The lowest BCUT2D eigenvalue weighted by Gasteiger charge is -2.23. The van der Waals surface area contributed by atoms with E-state index in [4.69, 9.17) is 14.2 Å². The third kappa shape index (κ3) is 23.3. The summed E-state index contributed by atoms with van der Waals surface area (Å²) in [6.07, 6.45) is 21.4. The van der Waals surface area contributed by atoms with Crippen LogP contribution in [0.1, 0.15) is 136 Å². The molecule has 0 atom stereocenters. The zero-order valence-corrected chi connectivity index (χ0v) is 37.9. The first-order chi connectivity index (χ1) is 29.9. The molecule has 10 nitrogen and oxygen atoms in total. The van der Waals surface area contributed by atoms with Gasteiger partial charge in [-0.25, -0.2) is 0 Å². The summed E-state index contributed by atoms with van der Waals surface area (Å²) in [5.41, 5.74) is 1.22. The fraction of sp³-hybridized carbons (Fsp3) is 0.588. The Labute approximate surface area is 367 Å². The van der Waals surface area contributed by atoms with Crippen LogP contribution >= 0.6 is 0 Å². The van der Waals surface area contributed by atoms with Gasteiger partial charge in [0.1, 0.15) is 17.2 Å². The standard InChI is InChI=1S/C51H78N4O6/c1-4-7-10-13-16-19-40-59-43-22-28-46(49(56)31-25-43)52-34-37-55(38-35-53-47-29-23-44(26-32-50(47)57)60-41-20-17-14-11-8-5-2)39-36-54-48-30-24-45(27-33-51(48)58)61-42-21-18-15-12-9-6-3/h22-33H,4-21,34-42H2,1-3H3,(H,52,56)(H,53,57)(H,54,58). The second kappa shape index (κ2) is 33.1.